The van der Waals surface area contributed by atoms with Crippen LogP contribution in [-0.4, -0.2) is 16.5 Å². The molecular weight excluding hydrogens is 352 g/mol. The molecule has 6 heteroatoms. The maximum Gasteiger partial charge on any atom is 0.224 e. The molecule has 0 aliphatic carbocycles. The van der Waals surface area contributed by atoms with Gasteiger partial charge in [0.05, 0.1) is 5.69 Å². The highest BCUT2D eigenvalue weighted by molar-refractivity contribution is 9.10. The van der Waals surface area contributed by atoms with Crippen molar-refractivity contribution in [2.24, 2.45) is 0 Å². The lowest BCUT2D eigenvalue weighted by Gasteiger charge is -2.12. The Balaban J connectivity index is 2.27. The van der Waals surface area contributed by atoms with E-state index < -0.39 is 0 Å². The summed E-state index contributed by atoms with van der Waals surface area (Å²) in [6, 6.07) is 5.77. The van der Waals surface area contributed by atoms with Crippen LogP contribution in [0.15, 0.2) is 22.7 Å². The lowest BCUT2D eigenvalue weighted by molar-refractivity contribution is 0.947. The van der Waals surface area contributed by atoms with Crippen molar-refractivity contribution in [1.29, 1.82) is 0 Å². The number of halogens is 2. The minimum Gasteiger partial charge on any atom is -0.354 e. The summed E-state index contributed by atoms with van der Waals surface area (Å²) in [6.07, 6.45) is 1.03. The maximum atomic E-state index is 6.18. The summed E-state index contributed by atoms with van der Waals surface area (Å²) in [6.45, 7) is 6.87. The summed E-state index contributed by atoms with van der Waals surface area (Å²) >= 11 is 9.71. The number of nitrogens with zero attached hydrogens (tertiary/aromatic N) is 2. The normalized spacial score (nSPS) is 10.5. The van der Waals surface area contributed by atoms with Gasteiger partial charge in [0.25, 0.3) is 0 Å². The zero-order chi connectivity index (χ0) is 15.4. The van der Waals surface area contributed by atoms with Crippen molar-refractivity contribution >= 4 is 45.0 Å². The van der Waals surface area contributed by atoms with Crippen LogP contribution >= 0.6 is 27.5 Å². The molecule has 0 radical (unpaired) electrons. The van der Waals surface area contributed by atoms with Crippen molar-refractivity contribution in [2.75, 3.05) is 17.2 Å². The van der Waals surface area contributed by atoms with Gasteiger partial charge in [0.2, 0.25) is 5.95 Å². The third-order valence-electron chi connectivity index (χ3n) is 2.90. The lowest BCUT2D eigenvalue weighted by Crippen LogP contribution is -2.07. The van der Waals surface area contributed by atoms with Crippen molar-refractivity contribution in [3.8, 4) is 0 Å². The van der Waals surface area contributed by atoms with Crippen LogP contribution in [0.3, 0.4) is 0 Å². The van der Waals surface area contributed by atoms with Gasteiger partial charge in [-0.25, -0.2) is 4.98 Å². The first-order valence-electron chi connectivity index (χ1n) is 6.82. The topological polar surface area (TPSA) is 49.8 Å². The molecule has 0 spiro atoms. The number of rotatable bonds is 5. The maximum absolute atomic E-state index is 6.18. The predicted molar refractivity (Wildman–Crippen MR) is 92.7 cm³/mol. The molecule has 1 aromatic heterocycles. The SMILES string of the molecule is CCCNc1nc(C)cc(Nc2cc(Cl)c(C)cc2Br)n1. The quantitative estimate of drug-likeness (QED) is 0.772. The number of aromatic nitrogens is 2. The molecule has 0 aliphatic heterocycles. The number of benzene rings is 1. The van der Waals surface area contributed by atoms with Gasteiger partial charge in [-0.15, -0.1) is 0 Å². The fourth-order valence-corrected chi connectivity index (χ4v) is 2.55. The molecule has 1 heterocycles. The van der Waals surface area contributed by atoms with Gasteiger partial charge in [0, 0.05) is 27.8 Å². The van der Waals surface area contributed by atoms with Crippen molar-refractivity contribution in [1.82, 2.24) is 9.97 Å². The second-order valence-corrected chi connectivity index (χ2v) is 6.11. The first-order valence-corrected chi connectivity index (χ1v) is 7.99. The molecular formula is C15H18BrClN4. The number of hydrogen-bond acceptors (Lipinski definition) is 4. The van der Waals surface area contributed by atoms with Crippen molar-refractivity contribution in [2.45, 2.75) is 27.2 Å². The van der Waals surface area contributed by atoms with E-state index in [4.69, 9.17) is 11.6 Å². The largest absolute Gasteiger partial charge is 0.354 e. The summed E-state index contributed by atoms with van der Waals surface area (Å²) in [7, 11) is 0. The van der Waals surface area contributed by atoms with Gasteiger partial charge >= 0.3 is 0 Å². The average Bonchev–Trinajstić information content (AvgIpc) is 2.42. The summed E-state index contributed by atoms with van der Waals surface area (Å²) < 4.78 is 0.948. The van der Waals surface area contributed by atoms with Crippen LogP contribution in [0.25, 0.3) is 0 Å². The van der Waals surface area contributed by atoms with E-state index in [2.05, 4.69) is 43.5 Å². The van der Waals surface area contributed by atoms with E-state index in [0.29, 0.717) is 5.95 Å². The summed E-state index contributed by atoms with van der Waals surface area (Å²) in [4.78, 5) is 8.83. The van der Waals surface area contributed by atoms with Crippen molar-refractivity contribution in [3.63, 3.8) is 0 Å². The number of nitrogens with one attached hydrogen (secondary N) is 2. The van der Waals surface area contributed by atoms with Crippen LogP contribution in [0.4, 0.5) is 17.5 Å². The van der Waals surface area contributed by atoms with Gasteiger partial charge in [0.1, 0.15) is 5.82 Å². The Morgan fingerprint density at radius 1 is 1.19 bits per heavy atom. The van der Waals surface area contributed by atoms with Crippen LogP contribution in [0.2, 0.25) is 5.02 Å². The molecule has 112 valence electrons. The minimum absolute atomic E-state index is 0.633. The Bertz CT molecular complexity index is 646. The second kappa shape index (κ2) is 7.09. The number of anilines is 3. The fraction of sp³-hybridized carbons (Fsp3) is 0.333. The van der Waals surface area contributed by atoms with Crippen molar-refractivity contribution in [3.05, 3.63) is 39.0 Å². The monoisotopic (exact) mass is 368 g/mol. The minimum atomic E-state index is 0.633. The molecule has 2 aromatic rings. The molecule has 0 saturated carbocycles. The third-order valence-corrected chi connectivity index (χ3v) is 3.96. The second-order valence-electron chi connectivity index (χ2n) is 4.85. The summed E-state index contributed by atoms with van der Waals surface area (Å²) in [5.74, 6) is 1.37. The predicted octanol–water partition coefficient (Wildman–Crippen LogP) is 5.07. The Morgan fingerprint density at radius 2 is 1.95 bits per heavy atom. The van der Waals surface area contributed by atoms with Crippen molar-refractivity contribution < 1.29 is 0 Å². The molecule has 21 heavy (non-hydrogen) atoms. The first-order chi connectivity index (χ1) is 9.99. The van der Waals surface area contributed by atoms with Gasteiger partial charge in [-0.3, -0.25) is 0 Å². The van der Waals surface area contributed by atoms with E-state index in [1.165, 1.54) is 0 Å². The Labute approximate surface area is 138 Å². The molecule has 4 nitrogen and oxygen atoms in total. The standard InChI is InChI=1S/C15H18BrClN4/c1-4-5-18-15-19-10(3)7-14(21-15)20-13-8-12(17)9(2)6-11(13)16/h6-8H,4-5H2,1-3H3,(H2,18,19,20,21). The molecule has 2 rings (SSSR count). The highest BCUT2D eigenvalue weighted by Crippen LogP contribution is 2.31. The Morgan fingerprint density at radius 3 is 2.67 bits per heavy atom. The molecule has 0 atom stereocenters. The summed E-state index contributed by atoms with van der Waals surface area (Å²) in [5, 5.41) is 7.19. The smallest absolute Gasteiger partial charge is 0.224 e. The van der Waals surface area contributed by atoms with Gasteiger partial charge in [-0.2, -0.15) is 4.98 Å². The van der Waals surface area contributed by atoms with Crippen LogP contribution in [0.5, 0.6) is 0 Å². The average molecular weight is 370 g/mol. The zero-order valence-corrected chi connectivity index (χ0v) is 14.6. The molecule has 0 unspecified atom stereocenters. The van der Waals surface area contributed by atoms with E-state index in [9.17, 15) is 0 Å². The van der Waals surface area contributed by atoms with E-state index in [-0.39, 0.29) is 0 Å². The molecule has 0 saturated heterocycles. The number of aryl methyl sites for hydroxylation is 2. The zero-order valence-electron chi connectivity index (χ0n) is 12.3. The summed E-state index contributed by atoms with van der Waals surface area (Å²) in [5.41, 5.74) is 2.81. The third kappa shape index (κ3) is 4.32. The van der Waals surface area contributed by atoms with E-state index in [1.54, 1.807) is 0 Å². The van der Waals surface area contributed by atoms with Gasteiger partial charge in [0.15, 0.2) is 0 Å². The Hall–Kier alpha value is -1.33. The van der Waals surface area contributed by atoms with Crippen LogP contribution in [-0.2, 0) is 0 Å². The lowest BCUT2D eigenvalue weighted by atomic mass is 10.2. The molecule has 0 amide bonds. The van der Waals surface area contributed by atoms with E-state index in [0.717, 1.165) is 45.2 Å². The Kier molecular flexibility index (Phi) is 5.42. The number of hydrogen-bond donors (Lipinski definition) is 2. The van der Waals surface area contributed by atoms with Gasteiger partial charge in [-0.1, -0.05) is 18.5 Å². The van der Waals surface area contributed by atoms with E-state index in [1.807, 2.05) is 32.0 Å². The van der Waals surface area contributed by atoms with Crippen LogP contribution < -0.4 is 10.6 Å². The fourth-order valence-electron chi connectivity index (χ4n) is 1.83. The van der Waals surface area contributed by atoms with Gasteiger partial charge in [-0.05, 0) is 53.9 Å². The molecule has 0 bridgehead atoms. The van der Waals surface area contributed by atoms with Crippen LogP contribution in [0.1, 0.15) is 24.6 Å². The highest BCUT2D eigenvalue weighted by Gasteiger charge is 2.07. The molecule has 1 aromatic carbocycles. The molecule has 0 fully saturated rings. The molecule has 2 N–H and O–H groups in total. The van der Waals surface area contributed by atoms with E-state index >= 15 is 0 Å². The first kappa shape index (κ1) is 16.0. The molecule has 0 aliphatic rings. The van der Waals surface area contributed by atoms with Gasteiger partial charge < -0.3 is 10.6 Å². The highest BCUT2D eigenvalue weighted by atomic mass is 79.9. The van der Waals surface area contributed by atoms with Crippen LogP contribution in [0, 0.1) is 13.8 Å².